The van der Waals surface area contributed by atoms with Crippen molar-refractivity contribution in [1.29, 1.82) is 0 Å². The fourth-order valence-corrected chi connectivity index (χ4v) is 1.71. The second-order valence-corrected chi connectivity index (χ2v) is 3.44. The third kappa shape index (κ3) is 2.38. The molecule has 1 heterocycles. The van der Waals surface area contributed by atoms with Crippen LogP contribution in [0.2, 0.25) is 0 Å². The van der Waals surface area contributed by atoms with Crippen molar-refractivity contribution in [3.8, 4) is 0 Å². The molecule has 1 aromatic rings. The van der Waals surface area contributed by atoms with Crippen molar-refractivity contribution in [2.75, 3.05) is 19.8 Å². The van der Waals surface area contributed by atoms with Gasteiger partial charge < -0.3 is 19.5 Å². The highest BCUT2D eigenvalue weighted by atomic mass is 16.6. The number of rotatable bonds is 2. The summed E-state index contributed by atoms with van der Waals surface area (Å²) in [5, 5.41) is 18.4. The molecule has 1 aromatic carbocycles. The SMILES string of the molecule is OB(O)c1ccccc1C1COCCO1. The Hall–Kier alpha value is -0.875. The summed E-state index contributed by atoms with van der Waals surface area (Å²) in [6, 6.07) is 7.12. The predicted molar refractivity (Wildman–Crippen MR) is 55.8 cm³/mol. The van der Waals surface area contributed by atoms with E-state index in [-0.39, 0.29) is 6.10 Å². The van der Waals surface area contributed by atoms with E-state index in [1.54, 1.807) is 12.1 Å². The Morgan fingerprint density at radius 2 is 2.00 bits per heavy atom. The average molecular weight is 208 g/mol. The molecule has 1 atom stereocenters. The number of hydrogen-bond acceptors (Lipinski definition) is 4. The third-order valence-electron chi connectivity index (χ3n) is 2.44. The molecule has 4 nitrogen and oxygen atoms in total. The zero-order valence-corrected chi connectivity index (χ0v) is 8.30. The molecule has 80 valence electrons. The minimum Gasteiger partial charge on any atom is -0.423 e. The number of hydrogen-bond donors (Lipinski definition) is 2. The second-order valence-electron chi connectivity index (χ2n) is 3.44. The van der Waals surface area contributed by atoms with E-state index < -0.39 is 7.12 Å². The van der Waals surface area contributed by atoms with Crippen LogP contribution in [-0.2, 0) is 9.47 Å². The lowest BCUT2D eigenvalue weighted by molar-refractivity contribution is -0.0898. The molecule has 1 unspecified atom stereocenters. The first-order chi connectivity index (χ1) is 7.29. The molecule has 0 aliphatic carbocycles. The third-order valence-corrected chi connectivity index (χ3v) is 2.44. The molecular weight excluding hydrogens is 195 g/mol. The van der Waals surface area contributed by atoms with E-state index in [0.29, 0.717) is 25.3 Å². The monoisotopic (exact) mass is 208 g/mol. The Kier molecular flexibility index (Phi) is 3.38. The Morgan fingerprint density at radius 3 is 2.67 bits per heavy atom. The standard InChI is InChI=1S/C10H13BO4/c12-11(13)9-4-2-1-3-8(9)10-7-14-5-6-15-10/h1-4,10,12-13H,5-7H2. The Morgan fingerprint density at radius 1 is 1.20 bits per heavy atom. The van der Waals surface area contributed by atoms with Crippen molar-refractivity contribution < 1.29 is 19.5 Å². The summed E-state index contributed by atoms with van der Waals surface area (Å²) in [6.07, 6.45) is -0.197. The minimum atomic E-state index is -1.47. The number of ether oxygens (including phenoxy) is 2. The van der Waals surface area contributed by atoms with Gasteiger partial charge in [0.05, 0.1) is 19.8 Å². The first kappa shape index (κ1) is 10.6. The summed E-state index contributed by atoms with van der Waals surface area (Å²) < 4.78 is 10.8. The van der Waals surface area contributed by atoms with Gasteiger partial charge in [-0.25, -0.2) is 0 Å². The van der Waals surface area contributed by atoms with Crippen molar-refractivity contribution in [2.24, 2.45) is 0 Å². The van der Waals surface area contributed by atoms with E-state index in [4.69, 9.17) is 9.47 Å². The lowest BCUT2D eigenvalue weighted by atomic mass is 9.76. The van der Waals surface area contributed by atoms with Crippen LogP contribution in [0.3, 0.4) is 0 Å². The molecule has 0 radical (unpaired) electrons. The summed E-state index contributed by atoms with van der Waals surface area (Å²) in [4.78, 5) is 0. The van der Waals surface area contributed by atoms with E-state index in [0.717, 1.165) is 5.56 Å². The average Bonchev–Trinajstić information content (AvgIpc) is 2.30. The maximum atomic E-state index is 9.19. The van der Waals surface area contributed by atoms with Crippen molar-refractivity contribution in [2.45, 2.75) is 6.10 Å². The summed E-state index contributed by atoms with van der Waals surface area (Å²) >= 11 is 0. The highest BCUT2D eigenvalue weighted by Crippen LogP contribution is 2.18. The van der Waals surface area contributed by atoms with Crippen molar-refractivity contribution in [3.05, 3.63) is 29.8 Å². The largest absolute Gasteiger partial charge is 0.488 e. The maximum absolute atomic E-state index is 9.19. The van der Waals surface area contributed by atoms with Crippen LogP contribution >= 0.6 is 0 Å². The van der Waals surface area contributed by atoms with Gasteiger partial charge in [-0.15, -0.1) is 0 Å². The first-order valence-electron chi connectivity index (χ1n) is 4.93. The molecule has 2 N–H and O–H groups in total. The van der Waals surface area contributed by atoms with Gasteiger partial charge in [0.15, 0.2) is 0 Å². The minimum absolute atomic E-state index is 0.197. The first-order valence-corrected chi connectivity index (χ1v) is 4.93. The van der Waals surface area contributed by atoms with Crippen molar-refractivity contribution in [3.63, 3.8) is 0 Å². The van der Waals surface area contributed by atoms with Gasteiger partial charge in [0.25, 0.3) is 0 Å². The zero-order chi connectivity index (χ0) is 10.7. The van der Waals surface area contributed by atoms with Crippen LogP contribution in [0.5, 0.6) is 0 Å². The van der Waals surface area contributed by atoms with E-state index >= 15 is 0 Å². The fourth-order valence-electron chi connectivity index (χ4n) is 1.71. The molecule has 1 aliphatic heterocycles. The summed E-state index contributed by atoms with van der Waals surface area (Å²) in [5.74, 6) is 0. The van der Waals surface area contributed by atoms with Crippen LogP contribution in [0.25, 0.3) is 0 Å². The Bertz CT molecular complexity index is 323. The van der Waals surface area contributed by atoms with Gasteiger partial charge in [0.2, 0.25) is 0 Å². The van der Waals surface area contributed by atoms with Crippen LogP contribution in [0.15, 0.2) is 24.3 Å². The van der Waals surface area contributed by atoms with Gasteiger partial charge in [-0.2, -0.15) is 0 Å². The van der Waals surface area contributed by atoms with Crippen LogP contribution in [0.1, 0.15) is 11.7 Å². The maximum Gasteiger partial charge on any atom is 0.488 e. The van der Waals surface area contributed by atoms with Gasteiger partial charge in [-0.05, 0) is 11.0 Å². The highest BCUT2D eigenvalue weighted by molar-refractivity contribution is 6.59. The zero-order valence-electron chi connectivity index (χ0n) is 8.30. The molecule has 5 heteroatoms. The van der Waals surface area contributed by atoms with Gasteiger partial charge in [0, 0.05) is 0 Å². The van der Waals surface area contributed by atoms with Crippen LogP contribution in [0, 0.1) is 0 Å². The summed E-state index contributed by atoms with van der Waals surface area (Å²) in [5.41, 5.74) is 1.26. The predicted octanol–water partition coefficient (Wildman–Crippen LogP) is -0.546. The van der Waals surface area contributed by atoms with E-state index in [1.807, 2.05) is 12.1 Å². The molecule has 0 aromatic heterocycles. The molecule has 0 bridgehead atoms. The van der Waals surface area contributed by atoms with Gasteiger partial charge in [0.1, 0.15) is 6.10 Å². The Balaban J connectivity index is 2.25. The normalized spacial score (nSPS) is 21.3. The summed E-state index contributed by atoms with van der Waals surface area (Å²) in [6.45, 7) is 1.60. The molecule has 1 saturated heterocycles. The Labute approximate surface area is 88.6 Å². The molecule has 1 fully saturated rings. The lowest BCUT2D eigenvalue weighted by Gasteiger charge is -2.25. The van der Waals surface area contributed by atoms with E-state index in [1.165, 1.54) is 0 Å². The lowest BCUT2D eigenvalue weighted by Crippen LogP contribution is -2.36. The van der Waals surface area contributed by atoms with Gasteiger partial charge >= 0.3 is 7.12 Å². The van der Waals surface area contributed by atoms with Crippen LogP contribution < -0.4 is 5.46 Å². The fraction of sp³-hybridized carbons (Fsp3) is 0.400. The molecule has 15 heavy (non-hydrogen) atoms. The van der Waals surface area contributed by atoms with E-state index in [9.17, 15) is 10.0 Å². The van der Waals surface area contributed by atoms with Gasteiger partial charge in [-0.1, -0.05) is 24.3 Å². The smallest absolute Gasteiger partial charge is 0.423 e. The highest BCUT2D eigenvalue weighted by Gasteiger charge is 2.23. The van der Waals surface area contributed by atoms with E-state index in [2.05, 4.69) is 0 Å². The quantitative estimate of drug-likeness (QED) is 0.640. The van der Waals surface area contributed by atoms with Crippen LogP contribution in [0.4, 0.5) is 0 Å². The van der Waals surface area contributed by atoms with Crippen molar-refractivity contribution >= 4 is 12.6 Å². The van der Waals surface area contributed by atoms with Gasteiger partial charge in [-0.3, -0.25) is 0 Å². The second kappa shape index (κ2) is 4.76. The molecule has 1 aliphatic rings. The molecular formula is C10H13BO4. The van der Waals surface area contributed by atoms with Crippen LogP contribution in [-0.4, -0.2) is 37.0 Å². The molecule has 2 rings (SSSR count). The molecule has 0 saturated carbocycles. The topological polar surface area (TPSA) is 58.9 Å². The number of benzene rings is 1. The summed E-state index contributed by atoms with van der Waals surface area (Å²) in [7, 11) is -1.47. The molecule has 0 spiro atoms. The molecule has 0 amide bonds. The van der Waals surface area contributed by atoms with Crippen molar-refractivity contribution in [1.82, 2.24) is 0 Å².